The molecule has 1 heterocycles. The van der Waals surface area contributed by atoms with Gasteiger partial charge in [-0.15, -0.1) is 0 Å². The van der Waals surface area contributed by atoms with Crippen LogP contribution in [0.4, 0.5) is 0 Å². The summed E-state index contributed by atoms with van der Waals surface area (Å²) in [5.41, 5.74) is 1.53. The van der Waals surface area contributed by atoms with Gasteiger partial charge in [0.2, 0.25) is 0 Å². The predicted octanol–water partition coefficient (Wildman–Crippen LogP) is 2.79. The van der Waals surface area contributed by atoms with E-state index in [0.717, 1.165) is 6.42 Å². The maximum absolute atomic E-state index is 5.44. The maximum Gasteiger partial charge on any atom is 0.122 e. The van der Waals surface area contributed by atoms with E-state index in [0.29, 0.717) is 6.10 Å². The second-order valence-electron chi connectivity index (χ2n) is 3.26. The second kappa shape index (κ2) is 3.12. The van der Waals surface area contributed by atoms with Crippen molar-refractivity contribution in [3.8, 4) is 0 Å². The molecular weight excluding hydrogens is 136 g/mol. The Kier molecular flexibility index (Phi) is 1.97. The van der Waals surface area contributed by atoms with Gasteiger partial charge in [0.05, 0.1) is 6.26 Å². The number of rotatable bonds is 1. The molecule has 0 aromatic rings. The van der Waals surface area contributed by atoms with Crippen molar-refractivity contribution in [2.75, 3.05) is 0 Å². The smallest absolute Gasteiger partial charge is 0.122 e. The van der Waals surface area contributed by atoms with Crippen LogP contribution in [0.25, 0.3) is 0 Å². The minimum atomic E-state index is 0.398. The highest BCUT2D eigenvalue weighted by Crippen LogP contribution is 2.26. The molecule has 11 heavy (non-hydrogen) atoms. The van der Waals surface area contributed by atoms with Gasteiger partial charge in [0.1, 0.15) is 6.10 Å². The number of allylic oxidation sites excluding steroid dienone is 1. The van der Waals surface area contributed by atoms with Crippen LogP contribution in [0, 0.1) is 0 Å². The van der Waals surface area contributed by atoms with Crippen molar-refractivity contribution in [2.45, 2.75) is 38.2 Å². The van der Waals surface area contributed by atoms with Gasteiger partial charge in [0, 0.05) is 6.42 Å². The molecule has 1 nitrogen and oxygen atoms in total. The molecule has 1 atom stereocenters. The molecule has 1 heteroatoms. The van der Waals surface area contributed by atoms with E-state index in [-0.39, 0.29) is 0 Å². The lowest BCUT2D eigenvalue weighted by Gasteiger charge is -2.18. The summed E-state index contributed by atoms with van der Waals surface area (Å²) in [6.07, 6.45) is 13.0. The summed E-state index contributed by atoms with van der Waals surface area (Å²) in [5, 5.41) is 0. The van der Waals surface area contributed by atoms with Crippen LogP contribution in [0.1, 0.15) is 32.1 Å². The minimum absolute atomic E-state index is 0.398. The summed E-state index contributed by atoms with van der Waals surface area (Å²) in [4.78, 5) is 0. The first-order chi connectivity index (χ1) is 5.47. The van der Waals surface area contributed by atoms with Gasteiger partial charge in [-0.3, -0.25) is 0 Å². The third kappa shape index (κ3) is 1.47. The third-order valence-electron chi connectivity index (χ3n) is 2.43. The average molecular weight is 150 g/mol. The van der Waals surface area contributed by atoms with Crippen molar-refractivity contribution in [3.63, 3.8) is 0 Å². The first-order valence-corrected chi connectivity index (χ1v) is 4.46. The van der Waals surface area contributed by atoms with Gasteiger partial charge in [0.25, 0.3) is 0 Å². The summed E-state index contributed by atoms with van der Waals surface area (Å²) >= 11 is 0. The molecule has 2 rings (SSSR count). The zero-order valence-corrected chi connectivity index (χ0v) is 6.75. The monoisotopic (exact) mass is 150 g/mol. The molecule has 0 unspecified atom stereocenters. The van der Waals surface area contributed by atoms with Crippen molar-refractivity contribution in [1.82, 2.24) is 0 Å². The predicted molar refractivity (Wildman–Crippen MR) is 45.2 cm³/mol. The maximum atomic E-state index is 5.44. The Morgan fingerprint density at radius 1 is 1.36 bits per heavy atom. The fourth-order valence-electron chi connectivity index (χ4n) is 1.78. The fourth-order valence-corrected chi connectivity index (χ4v) is 1.78. The highest BCUT2D eigenvalue weighted by atomic mass is 16.5. The molecule has 0 saturated carbocycles. The van der Waals surface area contributed by atoms with Crippen LogP contribution in [0.3, 0.4) is 0 Å². The Morgan fingerprint density at radius 3 is 3.00 bits per heavy atom. The van der Waals surface area contributed by atoms with Crippen LogP contribution in [0.15, 0.2) is 24.0 Å². The Balaban J connectivity index is 1.97. The molecule has 0 aromatic carbocycles. The quantitative estimate of drug-likeness (QED) is 0.522. The van der Waals surface area contributed by atoms with Gasteiger partial charge in [-0.05, 0) is 37.3 Å². The van der Waals surface area contributed by atoms with E-state index in [1.807, 2.05) is 6.26 Å². The molecule has 0 aromatic heterocycles. The Bertz CT molecular complexity index is 183. The Morgan fingerprint density at radius 2 is 2.36 bits per heavy atom. The Labute approximate surface area is 67.7 Å². The first kappa shape index (κ1) is 6.96. The highest BCUT2D eigenvalue weighted by Gasteiger charge is 2.17. The molecular formula is C10H14O. The van der Waals surface area contributed by atoms with Crippen LogP contribution < -0.4 is 0 Å². The summed E-state index contributed by atoms with van der Waals surface area (Å²) in [6, 6.07) is 0. The third-order valence-corrected chi connectivity index (χ3v) is 2.43. The van der Waals surface area contributed by atoms with Crippen LogP contribution in [0.5, 0.6) is 0 Å². The molecule has 0 spiro atoms. The normalized spacial score (nSPS) is 29.8. The average Bonchev–Trinajstić information content (AvgIpc) is 2.58. The van der Waals surface area contributed by atoms with Crippen LogP contribution in [0.2, 0.25) is 0 Å². The molecule has 0 fully saturated rings. The summed E-state index contributed by atoms with van der Waals surface area (Å²) < 4.78 is 5.44. The molecule has 2 aliphatic rings. The lowest BCUT2D eigenvalue weighted by Crippen LogP contribution is -2.10. The topological polar surface area (TPSA) is 9.23 Å². The van der Waals surface area contributed by atoms with E-state index in [4.69, 9.17) is 4.74 Å². The standard InChI is InChI=1S/C10H14O/c1-2-5-9(6-3-1)10-7-4-8-11-10/h4-5,8,10H,1-3,6-7H2/t10-/m1/s1. The van der Waals surface area contributed by atoms with E-state index >= 15 is 0 Å². The number of hydrogen-bond donors (Lipinski definition) is 0. The molecule has 0 bridgehead atoms. The Hall–Kier alpha value is -0.720. The zero-order chi connectivity index (χ0) is 7.52. The van der Waals surface area contributed by atoms with E-state index < -0.39 is 0 Å². The van der Waals surface area contributed by atoms with Gasteiger partial charge in [0.15, 0.2) is 0 Å². The van der Waals surface area contributed by atoms with Crippen molar-refractivity contribution < 1.29 is 4.74 Å². The van der Waals surface area contributed by atoms with Gasteiger partial charge < -0.3 is 4.74 Å². The van der Waals surface area contributed by atoms with E-state index in [9.17, 15) is 0 Å². The lowest BCUT2D eigenvalue weighted by atomic mass is 9.94. The van der Waals surface area contributed by atoms with Crippen molar-refractivity contribution in [3.05, 3.63) is 24.0 Å². The lowest BCUT2D eigenvalue weighted by molar-refractivity contribution is 0.197. The molecule has 60 valence electrons. The van der Waals surface area contributed by atoms with Gasteiger partial charge in [-0.25, -0.2) is 0 Å². The van der Waals surface area contributed by atoms with Crippen LogP contribution >= 0.6 is 0 Å². The summed E-state index contributed by atoms with van der Waals surface area (Å²) in [6.45, 7) is 0. The number of ether oxygens (including phenoxy) is 1. The van der Waals surface area contributed by atoms with E-state index in [1.165, 1.54) is 31.3 Å². The van der Waals surface area contributed by atoms with Crippen LogP contribution in [-0.2, 0) is 4.74 Å². The largest absolute Gasteiger partial charge is 0.494 e. The second-order valence-corrected chi connectivity index (χ2v) is 3.26. The van der Waals surface area contributed by atoms with Gasteiger partial charge >= 0.3 is 0 Å². The van der Waals surface area contributed by atoms with Gasteiger partial charge in [-0.1, -0.05) is 6.08 Å². The SMILES string of the molecule is C1=CO[C@@H](C2=CCCCC2)C1. The molecule has 1 aliphatic carbocycles. The van der Waals surface area contributed by atoms with Crippen molar-refractivity contribution in [2.24, 2.45) is 0 Å². The highest BCUT2D eigenvalue weighted by molar-refractivity contribution is 5.14. The minimum Gasteiger partial charge on any atom is -0.494 e. The van der Waals surface area contributed by atoms with E-state index in [2.05, 4.69) is 12.2 Å². The molecule has 0 saturated heterocycles. The first-order valence-electron chi connectivity index (χ1n) is 4.46. The van der Waals surface area contributed by atoms with E-state index in [1.54, 1.807) is 0 Å². The molecule has 0 radical (unpaired) electrons. The van der Waals surface area contributed by atoms with Crippen LogP contribution in [-0.4, -0.2) is 6.10 Å². The van der Waals surface area contributed by atoms with Crippen molar-refractivity contribution in [1.29, 1.82) is 0 Å². The van der Waals surface area contributed by atoms with Gasteiger partial charge in [-0.2, -0.15) is 0 Å². The number of hydrogen-bond acceptors (Lipinski definition) is 1. The summed E-state index contributed by atoms with van der Waals surface area (Å²) in [7, 11) is 0. The molecule has 0 amide bonds. The molecule has 1 aliphatic heterocycles. The molecule has 0 N–H and O–H groups in total. The fraction of sp³-hybridized carbons (Fsp3) is 0.600. The van der Waals surface area contributed by atoms with Crippen molar-refractivity contribution >= 4 is 0 Å². The summed E-state index contributed by atoms with van der Waals surface area (Å²) in [5.74, 6) is 0. The zero-order valence-electron chi connectivity index (χ0n) is 6.75.